The van der Waals surface area contributed by atoms with Crippen molar-refractivity contribution in [3.05, 3.63) is 58.1 Å². The molecule has 20 heavy (non-hydrogen) atoms. The van der Waals surface area contributed by atoms with E-state index in [2.05, 4.69) is 15.9 Å². The molecule has 0 aliphatic carbocycles. The number of benzene rings is 2. The van der Waals surface area contributed by atoms with Gasteiger partial charge in [0.05, 0.1) is 5.69 Å². The van der Waals surface area contributed by atoms with Gasteiger partial charge in [0, 0.05) is 4.47 Å². The molecule has 3 nitrogen and oxygen atoms in total. The second-order valence-corrected chi connectivity index (χ2v) is 6.73. The maximum absolute atomic E-state index is 13.7. The van der Waals surface area contributed by atoms with Crippen molar-refractivity contribution in [2.45, 2.75) is 11.8 Å². The molecule has 0 fully saturated rings. The quantitative estimate of drug-likeness (QED) is 0.902. The molecular weight excluding hydrogens is 352 g/mol. The Kier molecular flexibility index (Phi) is 4.10. The zero-order valence-corrected chi connectivity index (χ0v) is 12.7. The van der Waals surface area contributed by atoms with Gasteiger partial charge in [0.25, 0.3) is 10.0 Å². The fourth-order valence-corrected chi connectivity index (χ4v) is 3.06. The highest BCUT2D eigenvalue weighted by molar-refractivity contribution is 9.10. The van der Waals surface area contributed by atoms with Gasteiger partial charge in [-0.3, -0.25) is 4.72 Å². The monoisotopic (exact) mass is 361 g/mol. The summed E-state index contributed by atoms with van der Waals surface area (Å²) in [6.45, 7) is 1.68. The first-order valence-electron chi connectivity index (χ1n) is 5.53. The first kappa shape index (κ1) is 14.9. The van der Waals surface area contributed by atoms with Crippen LogP contribution in [0.15, 0.2) is 45.8 Å². The van der Waals surface area contributed by atoms with Crippen molar-refractivity contribution in [3.63, 3.8) is 0 Å². The number of anilines is 1. The van der Waals surface area contributed by atoms with E-state index in [0.717, 1.165) is 12.1 Å². The van der Waals surface area contributed by atoms with Gasteiger partial charge in [0.1, 0.15) is 16.5 Å². The van der Waals surface area contributed by atoms with E-state index in [1.165, 1.54) is 18.2 Å². The number of sulfonamides is 1. The van der Waals surface area contributed by atoms with E-state index in [-0.39, 0.29) is 5.69 Å². The summed E-state index contributed by atoms with van der Waals surface area (Å²) in [4.78, 5) is -0.541. The van der Waals surface area contributed by atoms with E-state index >= 15 is 0 Å². The van der Waals surface area contributed by atoms with Crippen LogP contribution < -0.4 is 4.72 Å². The summed E-state index contributed by atoms with van der Waals surface area (Å²) >= 11 is 3.03. The largest absolute Gasteiger partial charge is 0.277 e. The van der Waals surface area contributed by atoms with Crippen molar-refractivity contribution in [1.29, 1.82) is 0 Å². The maximum Gasteiger partial charge on any atom is 0.264 e. The highest BCUT2D eigenvalue weighted by atomic mass is 79.9. The second-order valence-electron chi connectivity index (χ2n) is 4.16. The predicted octanol–water partition coefficient (Wildman–Crippen LogP) is 3.84. The lowest BCUT2D eigenvalue weighted by Crippen LogP contribution is -2.15. The maximum atomic E-state index is 13.7. The second kappa shape index (κ2) is 5.49. The molecule has 0 aliphatic heterocycles. The summed E-state index contributed by atoms with van der Waals surface area (Å²) in [5.41, 5.74) is 0.429. The Morgan fingerprint density at radius 2 is 1.75 bits per heavy atom. The average Bonchev–Trinajstić information content (AvgIpc) is 2.32. The van der Waals surface area contributed by atoms with Gasteiger partial charge in [-0.2, -0.15) is 0 Å². The van der Waals surface area contributed by atoms with Crippen LogP contribution in [-0.4, -0.2) is 8.42 Å². The number of hydrogen-bond acceptors (Lipinski definition) is 2. The first-order valence-corrected chi connectivity index (χ1v) is 7.81. The summed E-state index contributed by atoms with van der Waals surface area (Å²) < 4.78 is 53.8. The minimum absolute atomic E-state index is 0.224. The third-order valence-corrected chi connectivity index (χ3v) is 4.44. The predicted molar refractivity (Wildman–Crippen MR) is 76.0 cm³/mol. The van der Waals surface area contributed by atoms with Gasteiger partial charge < -0.3 is 0 Å². The normalized spacial score (nSPS) is 11.4. The van der Waals surface area contributed by atoms with Crippen LogP contribution in [0.2, 0.25) is 0 Å². The molecule has 0 aliphatic rings. The highest BCUT2D eigenvalue weighted by Crippen LogP contribution is 2.23. The number of rotatable bonds is 3. The molecule has 0 radical (unpaired) electrons. The molecule has 0 amide bonds. The van der Waals surface area contributed by atoms with Crippen LogP contribution in [-0.2, 0) is 10.0 Å². The highest BCUT2D eigenvalue weighted by Gasteiger charge is 2.20. The number of aryl methyl sites for hydroxylation is 1. The standard InChI is InChI=1S/C13H10BrF2NO2S/c1-8-2-4-12(10(15)6-8)17-20(18,19)13-5-3-9(14)7-11(13)16/h2-7,17H,1H3. The molecule has 0 unspecified atom stereocenters. The van der Waals surface area contributed by atoms with E-state index in [1.807, 2.05) is 4.72 Å². The lowest BCUT2D eigenvalue weighted by atomic mass is 10.2. The first-order chi connectivity index (χ1) is 9.29. The third kappa shape index (κ3) is 3.16. The Balaban J connectivity index is 2.41. The topological polar surface area (TPSA) is 46.2 Å². The molecule has 0 heterocycles. The van der Waals surface area contributed by atoms with Gasteiger partial charge in [0.2, 0.25) is 0 Å². The van der Waals surface area contributed by atoms with Gasteiger partial charge in [-0.25, -0.2) is 17.2 Å². The zero-order chi connectivity index (χ0) is 14.9. The van der Waals surface area contributed by atoms with Crippen LogP contribution in [0.4, 0.5) is 14.5 Å². The fraction of sp³-hybridized carbons (Fsp3) is 0.0769. The van der Waals surface area contributed by atoms with Crippen LogP contribution in [0.3, 0.4) is 0 Å². The number of halogens is 3. The number of hydrogen-bond donors (Lipinski definition) is 1. The lowest BCUT2D eigenvalue weighted by molar-refractivity contribution is 0.569. The fourth-order valence-electron chi connectivity index (χ4n) is 1.60. The summed E-state index contributed by atoms with van der Waals surface area (Å²) in [6, 6.07) is 7.56. The van der Waals surface area contributed by atoms with E-state index in [9.17, 15) is 17.2 Å². The summed E-state index contributed by atoms with van der Waals surface area (Å²) in [7, 11) is -4.18. The Labute approximate surface area is 123 Å². The summed E-state index contributed by atoms with van der Waals surface area (Å²) in [6.07, 6.45) is 0. The smallest absolute Gasteiger partial charge is 0.264 e. The van der Waals surface area contributed by atoms with Crippen LogP contribution in [0.25, 0.3) is 0 Å². The SMILES string of the molecule is Cc1ccc(NS(=O)(=O)c2ccc(Br)cc2F)c(F)c1. The van der Waals surface area contributed by atoms with Crippen molar-refractivity contribution in [2.24, 2.45) is 0 Å². The zero-order valence-electron chi connectivity index (χ0n) is 10.3. The molecule has 7 heteroatoms. The molecule has 0 saturated heterocycles. The summed E-state index contributed by atoms with van der Waals surface area (Å²) in [5, 5.41) is 0. The van der Waals surface area contributed by atoms with Gasteiger partial charge in [-0.1, -0.05) is 22.0 Å². The molecule has 0 bridgehead atoms. The molecule has 1 N–H and O–H groups in total. The molecule has 2 aromatic carbocycles. The Hall–Kier alpha value is -1.47. The van der Waals surface area contributed by atoms with Gasteiger partial charge >= 0.3 is 0 Å². The van der Waals surface area contributed by atoms with Crippen LogP contribution in [0.5, 0.6) is 0 Å². The molecule has 2 rings (SSSR count). The van der Waals surface area contributed by atoms with Crippen molar-refractivity contribution >= 4 is 31.6 Å². The molecule has 0 saturated carbocycles. The van der Waals surface area contributed by atoms with Gasteiger partial charge in [0.15, 0.2) is 0 Å². The lowest BCUT2D eigenvalue weighted by Gasteiger charge is -2.10. The molecule has 2 aromatic rings. The van der Waals surface area contributed by atoms with Gasteiger partial charge in [-0.05, 0) is 42.8 Å². The molecule has 0 aromatic heterocycles. The Morgan fingerprint density at radius 3 is 2.35 bits per heavy atom. The Bertz CT molecular complexity index is 763. The van der Waals surface area contributed by atoms with E-state index in [4.69, 9.17) is 0 Å². The Morgan fingerprint density at radius 1 is 1.05 bits per heavy atom. The van der Waals surface area contributed by atoms with E-state index < -0.39 is 26.6 Å². The summed E-state index contributed by atoms with van der Waals surface area (Å²) in [5.74, 6) is -1.63. The van der Waals surface area contributed by atoms with Crippen molar-refractivity contribution in [1.82, 2.24) is 0 Å². The van der Waals surface area contributed by atoms with Crippen LogP contribution in [0.1, 0.15) is 5.56 Å². The molecular formula is C13H10BrF2NO2S. The van der Waals surface area contributed by atoms with Crippen molar-refractivity contribution in [2.75, 3.05) is 4.72 Å². The van der Waals surface area contributed by atoms with E-state index in [0.29, 0.717) is 10.0 Å². The molecule has 0 spiro atoms. The number of nitrogens with one attached hydrogen (secondary N) is 1. The van der Waals surface area contributed by atoms with Crippen molar-refractivity contribution < 1.29 is 17.2 Å². The minimum Gasteiger partial charge on any atom is -0.277 e. The molecule has 0 atom stereocenters. The van der Waals surface area contributed by atoms with E-state index in [1.54, 1.807) is 13.0 Å². The van der Waals surface area contributed by atoms with Crippen LogP contribution in [0, 0.1) is 18.6 Å². The molecule has 106 valence electrons. The average molecular weight is 362 g/mol. The van der Waals surface area contributed by atoms with Crippen molar-refractivity contribution in [3.8, 4) is 0 Å². The minimum atomic E-state index is -4.18. The van der Waals surface area contributed by atoms with Gasteiger partial charge in [-0.15, -0.1) is 0 Å². The van der Waals surface area contributed by atoms with Crippen LogP contribution >= 0.6 is 15.9 Å². The third-order valence-electron chi connectivity index (χ3n) is 2.55.